The van der Waals surface area contributed by atoms with Crippen molar-refractivity contribution in [1.82, 2.24) is 0 Å². The first-order chi connectivity index (χ1) is 14.5. The molecule has 172 valence electrons. The lowest BCUT2D eigenvalue weighted by molar-refractivity contribution is -0.245. The molecule has 4 saturated heterocycles. The number of fused-ring (bicyclic) bond motifs is 1. The molecule has 9 heteroatoms. The molecule has 0 aromatic carbocycles. The summed E-state index contributed by atoms with van der Waals surface area (Å²) in [6.07, 6.45) is -3.16. The fraction of sp³-hybridized carbons (Fsp3) is 0.909. The van der Waals surface area contributed by atoms with Crippen molar-refractivity contribution in [3.05, 3.63) is 0 Å². The van der Waals surface area contributed by atoms with E-state index in [9.17, 15) is 14.7 Å². The minimum Gasteiger partial charge on any atom is -0.459 e. The highest BCUT2D eigenvalue weighted by atomic mass is 16.8. The van der Waals surface area contributed by atoms with Crippen LogP contribution >= 0.6 is 0 Å². The molecule has 6 aliphatic rings. The summed E-state index contributed by atoms with van der Waals surface area (Å²) < 4.78 is 36.3. The van der Waals surface area contributed by atoms with Gasteiger partial charge in [0, 0.05) is 20.1 Å². The molecular formula is C22H30O9. The summed E-state index contributed by atoms with van der Waals surface area (Å²) in [6.45, 7) is 8.14. The highest BCUT2D eigenvalue weighted by Crippen LogP contribution is 2.85. The number of hydrogen-bond donors (Lipinski definition) is 1. The van der Waals surface area contributed by atoms with Gasteiger partial charge in [-0.1, -0.05) is 27.7 Å². The molecule has 31 heavy (non-hydrogen) atoms. The number of hydrogen-bond acceptors (Lipinski definition) is 9. The first kappa shape index (κ1) is 20.4. The molecule has 0 bridgehead atoms. The number of aliphatic hydroxyl groups excluding tert-OH is 1. The van der Waals surface area contributed by atoms with Crippen molar-refractivity contribution in [2.24, 2.45) is 28.1 Å². The molecule has 11 atom stereocenters. The van der Waals surface area contributed by atoms with Crippen LogP contribution in [0.2, 0.25) is 0 Å². The standard InChI is InChI=1S/C22H30O9/c1-9-14(23)28-12-8-19-11-7-10(18(2,3)4)20(19)13(26-5)15(24)30-17(20)31-22(19,16(25)29-11)21(9,12)27-6/h9-14,17,23H,7-8H2,1-6H3/t9-,10+,11-,12+,13+,14?,17+,19-,20+,21-,22-/m1/s1. The summed E-state index contributed by atoms with van der Waals surface area (Å²) in [5, 5.41) is 10.6. The van der Waals surface area contributed by atoms with Gasteiger partial charge in [0.05, 0.1) is 16.9 Å². The molecule has 4 aliphatic heterocycles. The van der Waals surface area contributed by atoms with Gasteiger partial charge >= 0.3 is 11.9 Å². The van der Waals surface area contributed by atoms with Gasteiger partial charge in [-0.3, -0.25) is 0 Å². The summed E-state index contributed by atoms with van der Waals surface area (Å²) >= 11 is 0. The van der Waals surface area contributed by atoms with Crippen LogP contribution in [-0.4, -0.2) is 73.4 Å². The van der Waals surface area contributed by atoms with Crippen LogP contribution in [0.15, 0.2) is 0 Å². The molecule has 0 aromatic rings. The lowest BCUT2D eigenvalue weighted by Gasteiger charge is -2.48. The fourth-order valence-electron chi connectivity index (χ4n) is 8.89. The second kappa shape index (κ2) is 5.44. The minimum atomic E-state index is -1.57. The molecule has 9 nitrogen and oxygen atoms in total. The number of methoxy groups -OCH3 is 2. The van der Waals surface area contributed by atoms with Crippen LogP contribution in [0.4, 0.5) is 0 Å². The van der Waals surface area contributed by atoms with Crippen LogP contribution in [0, 0.1) is 28.1 Å². The molecule has 1 N–H and O–H groups in total. The van der Waals surface area contributed by atoms with Crippen LogP contribution in [0.25, 0.3) is 0 Å². The molecule has 2 saturated carbocycles. The van der Waals surface area contributed by atoms with Gasteiger partial charge in [-0.05, 0) is 24.2 Å². The third-order valence-electron chi connectivity index (χ3n) is 9.62. The lowest BCUT2D eigenvalue weighted by Crippen LogP contribution is -2.67. The Morgan fingerprint density at radius 1 is 1.13 bits per heavy atom. The minimum absolute atomic E-state index is 0.0886. The van der Waals surface area contributed by atoms with Crippen molar-refractivity contribution in [3.8, 4) is 0 Å². The van der Waals surface area contributed by atoms with E-state index in [2.05, 4.69) is 20.8 Å². The Morgan fingerprint density at radius 2 is 1.84 bits per heavy atom. The van der Waals surface area contributed by atoms with Crippen LogP contribution in [0.1, 0.15) is 40.5 Å². The summed E-state index contributed by atoms with van der Waals surface area (Å²) in [5.74, 6) is -1.66. The number of carbonyl (C=O) groups is 2. The zero-order valence-corrected chi connectivity index (χ0v) is 18.7. The number of aliphatic hydroxyl groups is 1. The van der Waals surface area contributed by atoms with Gasteiger partial charge in [0.15, 0.2) is 12.4 Å². The quantitative estimate of drug-likeness (QED) is 0.625. The molecule has 0 radical (unpaired) electrons. The van der Waals surface area contributed by atoms with E-state index in [4.69, 9.17) is 28.4 Å². The van der Waals surface area contributed by atoms with E-state index >= 15 is 0 Å². The van der Waals surface area contributed by atoms with Crippen molar-refractivity contribution in [1.29, 1.82) is 0 Å². The third kappa shape index (κ3) is 1.62. The van der Waals surface area contributed by atoms with Crippen LogP contribution < -0.4 is 0 Å². The van der Waals surface area contributed by atoms with Crippen molar-refractivity contribution < 1.29 is 43.1 Å². The molecule has 2 aliphatic carbocycles. The van der Waals surface area contributed by atoms with E-state index in [1.54, 1.807) is 6.92 Å². The van der Waals surface area contributed by atoms with E-state index < -0.39 is 70.8 Å². The van der Waals surface area contributed by atoms with Gasteiger partial charge in [-0.2, -0.15) is 0 Å². The molecule has 4 heterocycles. The van der Waals surface area contributed by atoms with E-state index in [0.717, 1.165) is 0 Å². The number of ether oxygens (including phenoxy) is 6. The van der Waals surface area contributed by atoms with E-state index in [1.807, 2.05) is 0 Å². The second-order valence-electron chi connectivity index (χ2n) is 11.1. The summed E-state index contributed by atoms with van der Waals surface area (Å²) in [6, 6.07) is 0. The van der Waals surface area contributed by atoms with Crippen LogP contribution in [0.5, 0.6) is 0 Å². The number of carbonyl (C=O) groups excluding carboxylic acids is 2. The summed E-state index contributed by atoms with van der Waals surface area (Å²) in [5.41, 5.74) is -4.98. The second-order valence-corrected chi connectivity index (χ2v) is 11.1. The molecule has 0 amide bonds. The predicted molar refractivity (Wildman–Crippen MR) is 101 cm³/mol. The van der Waals surface area contributed by atoms with Gasteiger partial charge in [0.25, 0.3) is 0 Å². The molecule has 2 spiro atoms. The van der Waals surface area contributed by atoms with Gasteiger partial charge in [0.2, 0.25) is 11.9 Å². The monoisotopic (exact) mass is 438 g/mol. The van der Waals surface area contributed by atoms with Gasteiger partial charge < -0.3 is 33.5 Å². The maximum Gasteiger partial charge on any atom is 0.342 e. The first-order valence-electron chi connectivity index (χ1n) is 11.0. The maximum absolute atomic E-state index is 13.7. The van der Waals surface area contributed by atoms with Crippen molar-refractivity contribution in [3.63, 3.8) is 0 Å². The Bertz CT molecular complexity index is 883. The maximum atomic E-state index is 13.7. The van der Waals surface area contributed by atoms with Gasteiger partial charge in [0.1, 0.15) is 11.7 Å². The first-order valence-corrected chi connectivity index (χ1v) is 11.0. The Hall–Kier alpha value is -1.26. The van der Waals surface area contributed by atoms with Crippen molar-refractivity contribution >= 4 is 11.9 Å². The Morgan fingerprint density at radius 3 is 2.45 bits per heavy atom. The summed E-state index contributed by atoms with van der Waals surface area (Å²) in [7, 11) is 3.01. The largest absolute Gasteiger partial charge is 0.459 e. The highest BCUT2D eigenvalue weighted by molar-refractivity contribution is 5.91. The third-order valence-corrected chi connectivity index (χ3v) is 9.62. The van der Waals surface area contributed by atoms with Crippen LogP contribution in [-0.2, 0) is 38.0 Å². The van der Waals surface area contributed by atoms with Gasteiger partial charge in [-0.25, -0.2) is 9.59 Å². The predicted octanol–water partition coefficient (Wildman–Crippen LogP) is 0.760. The SMILES string of the molecule is CO[C@H]1C(=O)O[C@H]2O[C@]34C(=O)O[C@@H]5C[C@@H](C(C)(C)C)[C@@]21[C@@]53C[C@@H]1OC(O)[C@@H](C)[C@@]14OC. The van der Waals surface area contributed by atoms with E-state index in [1.165, 1.54) is 14.2 Å². The topological polar surface area (TPSA) is 110 Å². The molecule has 0 aromatic heterocycles. The fourth-order valence-corrected chi connectivity index (χ4v) is 8.89. The molecule has 1 unspecified atom stereocenters. The normalized spacial score (nSPS) is 58.7. The average Bonchev–Trinajstić information content (AvgIpc) is 3.39. The van der Waals surface area contributed by atoms with Crippen molar-refractivity contribution in [2.45, 2.75) is 82.6 Å². The van der Waals surface area contributed by atoms with E-state index in [-0.39, 0.29) is 11.3 Å². The highest BCUT2D eigenvalue weighted by Gasteiger charge is 3.01. The molecule has 6 fully saturated rings. The smallest absolute Gasteiger partial charge is 0.342 e. The molecule has 6 rings (SSSR count). The van der Waals surface area contributed by atoms with Crippen molar-refractivity contribution in [2.75, 3.05) is 14.2 Å². The van der Waals surface area contributed by atoms with Gasteiger partial charge in [-0.15, -0.1) is 0 Å². The number of rotatable bonds is 2. The lowest BCUT2D eigenvalue weighted by atomic mass is 9.51. The Labute approximate surface area is 180 Å². The van der Waals surface area contributed by atoms with E-state index in [0.29, 0.717) is 12.8 Å². The number of esters is 2. The Balaban J connectivity index is 1.69. The van der Waals surface area contributed by atoms with Crippen LogP contribution in [0.3, 0.4) is 0 Å². The zero-order chi connectivity index (χ0) is 22.4. The Kier molecular flexibility index (Phi) is 3.57. The zero-order valence-electron chi connectivity index (χ0n) is 18.7. The summed E-state index contributed by atoms with van der Waals surface area (Å²) in [4.78, 5) is 26.7. The molecular weight excluding hydrogens is 408 g/mol. The average molecular weight is 438 g/mol.